The predicted octanol–water partition coefficient (Wildman–Crippen LogP) is 2.28. The Labute approximate surface area is 221 Å². The number of nitrogens with one attached hydrogen (secondary N) is 2. The summed E-state index contributed by atoms with van der Waals surface area (Å²) in [6.07, 6.45) is 1.16. The van der Waals surface area contributed by atoms with Gasteiger partial charge >= 0.3 is 5.97 Å². The van der Waals surface area contributed by atoms with E-state index in [0.29, 0.717) is 49.7 Å². The Kier molecular flexibility index (Phi) is 8.62. The van der Waals surface area contributed by atoms with Gasteiger partial charge in [0.25, 0.3) is 5.91 Å². The molecule has 3 amide bonds. The van der Waals surface area contributed by atoms with Gasteiger partial charge in [0.2, 0.25) is 11.8 Å². The van der Waals surface area contributed by atoms with Crippen molar-refractivity contribution in [3.63, 3.8) is 0 Å². The highest BCUT2D eigenvalue weighted by atomic mass is 16.5. The van der Waals surface area contributed by atoms with Gasteiger partial charge in [-0.15, -0.1) is 0 Å². The normalized spacial score (nSPS) is 21.3. The first-order valence-corrected chi connectivity index (χ1v) is 12.7. The van der Waals surface area contributed by atoms with Crippen molar-refractivity contribution in [2.45, 2.75) is 38.8 Å². The highest BCUT2D eigenvalue weighted by molar-refractivity contribution is 5.97. The second-order valence-electron chi connectivity index (χ2n) is 9.51. The third kappa shape index (κ3) is 6.49. The topological polar surface area (TPSA) is 123 Å². The zero-order chi connectivity index (χ0) is 27.1. The van der Waals surface area contributed by atoms with Crippen LogP contribution in [-0.2, 0) is 23.9 Å². The number of para-hydroxylation sites is 1. The summed E-state index contributed by atoms with van der Waals surface area (Å²) in [5.41, 5.74) is 0.0666. The fraction of sp³-hybridized carbons (Fsp3) is 0.429. The van der Waals surface area contributed by atoms with Crippen LogP contribution in [-0.4, -0.2) is 73.6 Å². The molecule has 2 aliphatic rings. The first-order chi connectivity index (χ1) is 18.3. The molecule has 2 aromatic rings. The Morgan fingerprint density at radius 2 is 1.68 bits per heavy atom. The van der Waals surface area contributed by atoms with E-state index < -0.39 is 17.9 Å². The summed E-state index contributed by atoms with van der Waals surface area (Å²) in [5.74, 6) is -0.0580. The van der Waals surface area contributed by atoms with E-state index in [0.717, 1.165) is 0 Å². The maximum Gasteiger partial charge on any atom is 0.328 e. The molecule has 0 aromatic heterocycles. The lowest BCUT2D eigenvalue weighted by atomic mass is 10.0. The van der Waals surface area contributed by atoms with Crippen LogP contribution < -0.4 is 15.4 Å². The number of likely N-dealkylation sites (tertiary alicyclic amines) is 1. The van der Waals surface area contributed by atoms with Crippen molar-refractivity contribution in [2.75, 3.05) is 32.9 Å². The summed E-state index contributed by atoms with van der Waals surface area (Å²) < 4.78 is 16.7. The number of hydrogen-bond acceptors (Lipinski definition) is 7. The molecule has 2 fully saturated rings. The van der Waals surface area contributed by atoms with Gasteiger partial charge in [-0.25, -0.2) is 4.79 Å². The number of esters is 1. The SMILES string of the molecule is CCOC(=O)[C@@H]1C[C@]2(COCCNC(C)=O)C[C@@H]2N1C(=O)CNC(=O)c1ccc(Oc2ccccc2)cc1. The molecule has 4 rings (SSSR count). The van der Waals surface area contributed by atoms with E-state index in [4.69, 9.17) is 14.2 Å². The molecule has 38 heavy (non-hydrogen) atoms. The quantitative estimate of drug-likeness (QED) is 0.323. The summed E-state index contributed by atoms with van der Waals surface area (Å²) in [7, 11) is 0. The van der Waals surface area contributed by atoms with Gasteiger partial charge in [-0.05, 0) is 56.2 Å². The van der Waals surface area contributed by atoms with Crippen molar-refractivity contribution in [3.05, 3.63) is 60.2 Å². The van der Waals surface area contributed by atoms with Crippen LogP contribution in [0.25, 0.3) is 0 Å². The second-order valence-corrected chi connectivity index (χ2v) is 9.51. The second kappa shape index (κ2) is 12.1. The number of rotatable bonds is 12. The molecule has 2 aromatic carbocycles. The standard InChI is InChI=1S/C28H33N3O7/c1-3-37-27(35)23-15-28(18-36-14-13-29-19(2)32)16-24(28)31(23)25(33)17-30-26(34)20-9-11-22(12-10-20)38-21-7-5-4-6-8-21/h4-12,23-24H,3,13-18H2,1-2H3,(H,29,32)(H,30,34)/t23-,24-,28+/m0/s1. The zero-order valence-electron chi connectivity index (χ0n) is 21.6. The summed E-state index contributed by atoms with van der Waals surface area (Å²) in [6.45, 7) is 4.24. The minimum atomic E-state index is -0.716. The molecular formula is C28H33N3O7. The number of hydrogen-bond donors (Lipinski definition) is 2. The Bertz CT molecular complexity index is 1150. The first kappa shape index (κ1) is 27.1. The molecule has 1 saturated heterocycles. The fourth-order valence-electron chi connectivity index (χ4n) is 4.86. The van der Waals surface area contributed by atoms with Gasteiger partial charge in [-0.2, -0.15) is 0 Å². The van der Waals surface area contributed by atoms with Gasteiger partial charge in [0.1, 0.15) is 17.5 Å². The molecule has 10 nitrogen and oxygen atoms in total. The van der Waals surface area contributed by atoms with E-state index in [9.17, 15) is 19.2 Å². The van der Waals surface area contributed by atoms with Crippen LogP contribution in [0.4, 0.5) is 0 Å². The predicted molar refractivity (Wildman–Crippen MR) is 138 cm³/mol. The first-order valence-electron chi connectivity index (χ1n) is 12.7. The van der Waals surface area contributed by atoms with Gasteiger partial charge in [-0.1, -0.05) is 18.2 Å². The van der Waals surface area contributed by atoms with Crippen LogP contribution in [0, 0.1) is 5.41 Å². The third-order valence-corrected chi connectivity index (χ3v) is 6.77. The molecule has 1 heterocycles. The number of ether oxygens (including phenoxy) is 3. The number of fused-ring (bicyclic) bond motifs is 1. The maximum absolute atomic E-state index is 13.2. The molecule has 2 N–H and O–H groups in total. The van der Waals surface area contributed by atoms with Crippen LogP contribution in [0.1, 0.15) is 37.0 Å². The zero-order valence-corrected chi connectivity index (χ0v) is 21.6. The molecule has 0 unspecified atom stereocenters. The van der Waals surface area contributed by atoms with Crippen LogP contribution in [0.3, 0.4) is 0 Å². The Morgan fingerprint density at radius 1 is 0.974 bits per heavy atom. The van der Waals surface area contributed by atoms with Gasteiger partial charge in [0.15, 0.2) is 0 Å². The number of benzene rings is 2. The molecule has 1 saturated carbocycles. The Balaban J connectivity index is 1.32. The van der Waals surface area contributed by atoms with Gasteiger partial charge < -0.3 is 29.7 Å². The van der Waals surface area contributed by atoms with Crippen LogP contribution in [0.5, 0.6) is 11.5 Å². The van der Waals surface area contributed by atoms with Crippen molar-refractivity contribution >= 4 is 23.7 Å². The molecule has 0 spiro atoms. The lowest BCUT2D eigenvalue weighted by molar-refractivity contribution is -0.153. The highest BCUT2D eigenvalue weighted by Gasteiger charge is 2.67. The molecule has 0 radical (unpaired) electrons. The van der Waals surface area contributed by atoms with E-state index in [1.165, 1.54) is 6.92 Å². The summed E-state index contributed by atoms with van der Waals surface area (Å²) in [4.78, 5) is 51.1. The average molecular weight is 524 g/mol. The third-order valence-electron chi connectivity index (χ3n) is 6.77. The Hall–Kier alpha value is -3.92. The highest BCUT2D eigenvalue weighted by Crippen LogP contribution is 2.59. The van der Waals surface area contributed by atoms with E-state index in [-0.39, 0.29) is 36.4 Å². The number of amides is 3. The molecule has 0 bridgehead atoms. The van der Waals surface area contributed by atoms with Crippen molar-refractivity contribution in [2.24, 2.45) is 5.41 Å². The molecule has 1 aliphatic heterocycles. The lowest BCUT2D eigenvalue weighted by Gasteiger charge is -2.26. The fourth-order valence-corrected chi connectivity index (χ4v) is 4.86. The van der Waals surface area contributed by atoms with E-state index >= 15 is 0 Å². The van der Waals surface area contributed by atoms with Crippen molar-refractivity contribution in [3.8, 4) is 11.5 Å². The van der Waals surface area contributed by atoms with E-state index in [2.05, 4.69) is 10.6 Å². The minimum absolute atomic E-state index is 0.130. The van der Waals surface area contributed by atoms with Gasteiger partial charge in [-0.3, -0.25) is 14.4 Å². The smallest absolute Gasteiger partial charge is 0.328 e. The van der Waals surface area contributed by atoms with Gasteiger partial charge in [0.05, 0.1) is 26.4 Å². The summed E-state index contributed by atoms with van der Waals surface area (Å²) >= 11 is 0. The molecule has 3 atom stereocenters. The number of piperidine rings is 1. The van der Waals surface area contributed by atoms with Gasteiger partial charge in [0, 0.05) is 30.5 Å². The summed E-state index contributed by atoms with van der Waals surface area (Å²) in [5, 5.41) is 5.34. The average Bonchev–Trinajstić information content (AvgIpc) is 3.51. The molecular weight excluding hydrogens is 490 g/mol. The van der Waals surface area contributed by atoms with E-state index in [1.54, 1.807) is 36.1 Å². The van der Waals surface area contributed by atoms with Crippen LogP contribution >= 0.6 is 0 Å². The molecule has 1 aliphatic carbocycles. The monoisotopic (exact) mass is 523 g/mol. The lowest BCUT2D eigenvalue weighted by Crippen LogP contribution is -2.48. The molecule has 202 valence electrons. The van der Waals surface area contributed by atoms with Crippen molar-refractivity contribution in [1.82, 2.24) is 15.5 Å². The van der Waals surface area contributed by atoms with Crippen molar-refractivity contribution in [1.29, 1.82) is 0 Å². The molecule has 10 heteroatoms. The number of carbonyl (C=O) groups excluding carboxylic acids is 4. The Morgan fingerprint density at radius 3 is 2.37 bits per heavy atom. The number of carbonyl (C=O) groups is 4. The van der Waals surface area contributed by atoms with Crippen molar-refractivity contribution < 1.29 is 33.4 Å². The maximum atomic E-state index is 13.2. The number of nitrogens with zero attached hydrogens (tertiary/aromatic N) is 1. The largest absolute Gasteiger partial charge is 0.464 e. The van der Waals surface area contributed by atoms with E-state index in [1.807, 2.05) is 30.3 Å². The van der Waals surface area contributed by atoms with Crippen LogP contribution in [0.15, 0.2) is 54.6 Å². The van der Waals surface area contributed by atoms with Crippen LogP contribution in [0.2, 0.25) is 0 Å². The summed E-state index contributed by atoms with van der Waals surface area (Å²) in [6, 6.07) is 15.0. The minimum Gasteiger partial charge on any atom is -0.464 e.